The first-order valence-electron chi connectivity index (χ1n) is 21.7. The summed E-state index contributed by atoms with van der Waals surface area (Å²) in [6.07, 6.45) is 2.72. The maximum Gasteiger partial charge on any atom is 0.326 e. The van der Waals surface area contributed by atoms with Crippen LogP contribution in [0.4, 0.5) is 0 Å². The molecule has 0 aromatic rings. The van der Waals surface area contributed by atoms with Crippen molar-refractivity contribution >= 4 is 106 Å². The maximum atomic E-state index is 13.9. The van der Waals surface area contributed by atoms with Crippen molar-refractivity contribution in [3.8, 4) is 0 Å². The van der Waals surface area contributed by atoms with Crippen LogP contribution in [0.15, 0.2) is 0 Å². The third kappa shape index (κ3) is 25.8. The summed E-state index contributed by atoms with van der Waals surface area (Å²) in [5, 5.41) is 40.7. The molecule has 0 bridgehead atoms. The molecule has 27 heteroatoms. The fraction of sp³-hybridized carbons (Fsp3) is 0.707. The maximum absolute atomic E-state index is 13.9. The second-order valence-corrected chi connectivity index (χ2v) is 19.6. The number of carboxylic acid groups (broad SMARTS) is 2. The topological polar surface area (TPSA) is 380 Å². The molecule has 0 saturated heterocycles. The minimum Gasteiger partial charge on any atom is -0.481 e. The van der Waals surface area contributed by atoms with Crippen LogP contribution in [-0.4, -0.2) is 172 Å². The van der Waals surface area contributed by atoms with Crippen LogP contribution in [0.5, 0.6) is 0 Å². The van der Waals surface area contributed by atoms with E-state index in [1.165, 1.54) is 30.4 Å². The van der Waals surface area contributed by atoms with Gasteiger partial charge in [0.15, 0.2) is 5.12 Å². The molecule has 386 valence electrons. The van der Waals surface area contributed by atoms with Crippen LogP contribution in [0, 0.1) is 17.8 Å². The summed E-state index contributed by atoms with van der Waals surface area (Å²) in [6.45, 7) is 9.29. The van der Waals surface area contributed by atoms with E-state index in [0.717, 1.165) is 11.8 Å². The Balaban J connectivity index is 5.85. The van der Waals surface area contributed by atoms with Crippen molar-refractivity contribution in [3.05, 3.63) is 0 Å². The highest BCUT2D eigenvalue weighted by Crippen LogP contribution is 2.11. The van der Waals surface area contributed by atoms with Crippen molar-refractivity contribution in [1.82, 2.24) is 47.9 Å². The van der Waals surface area contributed by atoms with E-state index in [9.17, 15) is 67.7 Å². The number of thioether (sulfide) groups is 3. The van der Waals surface area contributed by atoms with E-state index >= 15 is 0 Å². The number of rotatable bonds is 33. The van der Waals surface area contributed by atoms with Crippen molar-refractivity contribution in [2.45, 2.75) is 116 Å². The normalized spacial score (nSPS) is 14.1. The molecule has 68 heavy (non-hydrogen) atoms. The van der Waals surface area contributed by atoms with Crippen molar-refractivity contribution in [2.24, 2.45) is 23.5 Å². The van der Waals surface area contributed by atoms with Crippen molar-refractivity contribution in [3.63, 3.8) is 0 Å². The largest absolute Gasteiger partial charge is 0.481 e. The second kappa shape index (κ2) is 33.4. The van der Waals surface area contributed by atoms with E-state index in [1.54, 1.807) is 54.1 Å². The Kier molecular flexibility index (Phi) is 30.8. The molecule has 0 heterocycles. The van der Waals surface area contributed by atoms with Gasteiger partial charge in [-0.3, -0.25) is 52.7 Å². The molecule has 0 radical (unpaired) electrons. The number of hydrogen-bond donors (Lipinski definition) is 12. The number of carboxylic acids is 2. The Morgan fingerprint density at radius 2 is 0.868 bits per heavy atom. The number of aliphatic carboxylic acids is 2. The van der Waals surface area contributed by atoms with E-state index in [2.05, 4.69) is 47.9 Å². The summed E-state index contributed by atoms with van der Waals surface area (Å²) in [4.78, 5) is 152. The van der Waals surface area contributed by atoms with Crippen molar-refractivity contribution in [2.75, 3.05) is 49.4 Å². The van der Waals surface area contributed by atoms with Crippen LogP contribution in [0.3, 0.4) is 0 Å². The predicted octanol–water partition coefficient (Wildman–Crippen LogP) is -2.73. The Morgan fingerprint density at radius 1 is 0.485 bits per heavy atom. The average molecular weight is 1020 g/mol. The lowest BCUT2D eigenvalue weighted by molar-refractivity contribution is -0.144. The smallest absolute Gasteiger partial charge is 0.326 e. The number of carbonyl (C=O) groups is 12. The zero-order valence-electron chi connectivity index (χ0n) is 39.9. The third-order valence-corrected chi connectivity index (χ3v) is 11.8. The zero-order valence-corrected chi connectivity index (χ0v) is 42.4. The van der Waals surface area contributed by atoms with Crippen LogP contribution in [0.2, 0.25) is 0 Å². The number of amides is 9. The SMILES string of the molecule is CSCC[C@H](NC(=O)[C@H](CCSC)NC(=O)[C@@H](NC(=O)[C@@H](NC(=O)CNC(=O)CNC(=O)CNC(=O)[C@@H](N)CSC(C)=O)C(C)C)C(C)C)C(=O)N[C@@H](CCC(=O)O)C(=O)N[C@H](C(=O)O)C(C)C. The molecular formula is C41H70N10O14S3. The molecule has 0 saturated carbocycles. The van der Waals surface area contributed by atoms with Gasteiger partial charge in [-0.2, -0.15) is 23.5 Å². The van der Waals surface area contributed by atoms with Gasteiger partial charge in [-0.25, -0.2) is 4.79 Å². The van der Waals surface area contributed by atoms with Gasteiger partial charge in [0.1, 0.15) is 36.3 Å². The summed E-state index contributed by atoms with van der Waals surface area (Å²) < 4.78 is 0. The van der Waals surface area contributed by atoms with Crippen LogP contribution >= 0.6 is 35.3 Å². The van der Waals surface area contributed by atoms with Crippen molar-refractivity contribution < 1.29 is 67.7 Å². The summed E-state index contributed by atoms with van der Waals surface area (Å²) in [5.74, 6) is -10.5. The van der Waals surface area contributed by atoms with Crippen molar-refractivity contribution in [1.29, 1.82) is 0 Å². The Morgan fingerprint density at radius 3 is 1.29 bits per heavy atom. The molecule has 0 rings (SSSR count). The second-order valence-electron chi connectivity index (χ2n) is 16.4. The van der Waals surface area contributed by atoms with Crippen LogP contribution in [0.25, 0.3) is 0 Å². The molecule has 0 aromatic carbocycles. The molecule has 0 aliphatic rings. The van der Waals surface area contributed by atoms with Gasteiger partial charge in [-0.05, 0) is 61.0 Å². The molecule has 9 amide bonds. The minimum atomic E-state index is -1.47. The lowest BCUT2D eigenvalue weighted by atomic mass is 9.99. The highest BCUT2D eigenvalue weighted by molar-refractivity contribution is 8.13. The predicted molar refractivity (Wildman–Crippen MR) is 257 cm³/mol. The highest BCUT2D eigenvalue weighted by atomic mass is 32.2. The average Bonchev–Trinajstić information content (AvgIpc) is 3.26. The van der Waals surface area contributed by atoms with E-state index in [1.807, 2.05) is 0 Å². The van der Waals surface area contributed by atoms with Gasteiger partial charge in [0.25, 0.3) is 0 Å². The Bertz CT molecular complexity index is 1770. The van der Waals surface area contributed by atoms with E-state index < -0.39 is 151 Å². The molecule has 13 N–H and O–H groups in total. The first-order chi connectivity index (χ1) is 31.7. The Hall–Kier alpha value is -5.15. The zero-order chi connectivity index (χ0) is 52.3. The summed E-state index contributed by atoms with van der Waals surface area (Å²) in [7, 11) is 0. The van der Waals surface area contributed by atoms with Crippen LogP contribution < -0.4 is 53.6 Å². The van der Waals surface area contributed by atoms with Crippen LogP contribution in [0.1, 0.15) is 74.1 Å². The van der Waals surface area contributed by atoms with E-state index in [4.69, 9.17) is 5.73 Å². The molecule has 0 fully saturated rings. The van der Waals surface area contributed by atoms with Gasteiger partial charge in [-0.1, -0.05) is 53.3 Å². The molecule has 0 aromatic heterocycles. The van der Waals surface area contributed by atoms with Gasteiger partial charge in [-0.15, -0.1) is 0 Å². The van der Waals surface area contributed by atoms with Gasteiger partial charge in [0.2, 0.25) is 53.2 Å². The third-order valence-electron chi connectivity index (χ3n) is 9.63. The monoisotopic (exact) mass is 1020 g/mol. The molecule has 0 spiro atoms. The molecule has 0 aliphatic heterocycles. The first-order valence-corrected chi connectivity index (χ1v) is 25.5. The fourth-order valence-corrected chi connectivity index (χ4v) is 7.23. The standard InChI is InChI=1S/C41H70N10O14S3/c1-20(2)32(49-30(55)18-44-28(53)16-43-29(54)17-45-35(58)24(42)19-68-23(7)52)40(63)50-33(21(3)4)39(62)48-27(13-15-67-9)37(60)47-26(12-14-66-8)36(59)46-25(10-11-31(56)57)38(61)51-34(22(5)6)41(64)65/h20-22,24-27,32-34H,10-19,42H2,1-9H3,(H,43,54)(H,44,53)(H,45,58)(H,46,59)(H,47,60)(H,48,62)(H,49,55)(H,50,63)(H,51,61)(H,56,57)(H,64,65)/t24-,25-,26-,27-,32-,33-,34-/m0/s1. The number of nitrogens with one attached hydrogen (secondary N) is 9. The first kappa shape index (κ1) is 62.8. The molecule has 0 unspecified atom stereocenters. The molecular weight excluding hydrogens is 953 g/mol. The van der Waals surface area contributed by atoms with Crippen LogP contribution in [-0.2, 0) is 57.5 Å². The molecule has 0 aliphatic carbocycles. The lowest BCUT2D eigenvalue weighted by Gasteiger charge is -2.29. The van der Waals surface area contributed by atoms with Gasteiger partial charge in [0, 0.05) is 19.1 Å². The molecule has 24 nitrogen and oxygen atoms in total. The highest BCUT2D eigenvalue weighted by Gasteiger charge is 2.35. The van der Waals surface area contributed by atoms with E-state index in [-0.39, 0.29) is 30.1 Å². The van der Waals surface area contributed by atoms with Gasteiger partial charge >= 0.3 is 11.9 Å². The van der Waals surface area contributed by atoms with E-state index in [0.29, 0.717) is 11.5 Å². The number of nitrogens with two attached hydrogens (primary N) is 1. The van der Waals surface area contributed by atoms with Gasteiger partial charge < -0.3 is 63.8 Å². The summed E-state index contributed by atoms with van der Waals surface area (Å²) in [5.41, 5.74) is 5.67. The minimum absolute atomic E-state index is 0.0124. The molecule has 7 atom stereocenters. The number of carbonyl (C=O) groups excluding carboxylic acids is 10. The van der Waals surface area contributed by atoms with Gasteiger partial charge in [0.05, 0.1) is 25.7 Å². The summed E-state index contributed by atoms with van der Waals surface area (Å²) in [6, 6.07) is -8.81. The fourth-order valence-electron chi connectivity index (χ4n) is 5.72. The Labute approximate surface area is 409 Å². The summed E-state index contributed by atoms with van der Waals surface area (Å²) >= 11 is 3.56. The number of hydrogen-bond acceptors (Lipinski definition) is 16. The quantitative estimate of drug-likeness (QED) is 0.0318. The lowest BCUT2D eigenvalue weighted by Crippen LogP contribution is -2.61.